The number of carbonyl (C=O) groups is 2. The number of benzene rings is 1. The largest absolute Gasteiger partial charge is 0.322 e. The summed E-state index contributed by atoms with van der Waals surface area (Å²) in [5, 5.41) is 2.55. The number of hydrogen-bond acceptors (Lipinski definition) is 3. The first-order valence-corrected chi connectivity index (χ1v) is 7.73. The van der Waals surface area contributed by atoms with Crippen molar-refractivity contribution in [2.75, 3.05) is 16.9 Å². The Balaban J connectivity index is 2.09. The maximum Gasteiger partial charge on any atom is 0.248 e. The van der Waals surface area contributed by atoms with Crippen molar-refractivity contribution in [1.29, 1.82) is 0 Å². The number of para-hydroxylation sites is 1. The molecule has 1 unspecified atom stereocenters. The Morgan fingerprint density at radius 2 is 2.10 bits per heavy atom. The van der Waals surface area contributed by atoms with Crippen LogP contribution in [0.5, 0.6) is 0 Å². The molecule has 4 nitrogen and oxygen atoms in total. The Labute approximate surface area is 127 Å². The number of nitrogens with zero attached hydrogens (tertiary/aromatic N) is 1. The summed E-state index contributed by atoms with van der Waals surface area (Å²) in [5.74, 6) is -0.0476. The molecule has 1 fully saturated rings. The van der Waals surface area contributed by atoms with Crippen LogP contribution in [0.3, 0.4) is 0 Å². The highest BCUT2D eigenvalue weighted by molar-refractivity contribution is 7.99. The third-order valence-corrected chi connectivity index (χ3v) is 4.02. The molecule has 21 heavy (non-hydrogen) atoms. The van der Waals surface area contributed by atoms with Crippen molar-refractivity contribution in [3.05, 3.63) is 41.7 Å². The molecule has 6 heteroatoms. The zero-order valence-electron chi connectivity index (χ0n) is 11.9. The number of rotatable bonds is 3. The molecule has 1 aliphatic rings. The molecule has 0 bridgehead atoms. The summed E-state index contributed by atoms with van der Waals surface area (Å²) in [6.45, 7) is 3.66. The van der Waals surface area contributed by atoms with Gasteiger partial charge in [-0.1, -0.05) is 17.7 Å². The molecule has 2 rings (SSSR count). The monoisotopic (exact) mass is 308 g/mol. The zero-order valence-corrected chi connectivity index (χ0v) is 12.7. The van der Waals surface area contributed by atoms with E-state index in [-0.39, 0.29) is 17.5 Å². The Bertz CT molecular complexity index is 585. The molecule has 1 heterocycles. The quantitative estimate of drug-likeness (QED) is 0.873. The Hall–Kier alpha value is -1.82. The number of carbonyl (C=O) groups excluding carboxylic acids is 2. The van der Waals surface area contributed by atoms with E-state index in [0.29, 0.717) is 11.6 Å². The molecule has 0 aliphatic carbocycles. The first kappa shape index (κ1) is 15.6. The smallest absolute Gasteiger partial charge is 0.248 e. The van der Waals surface area contributed by atoms with Crippen LogP contribution in [0.4, 0.5) is 10.1 Å². The van der Waals surface area contributed by atoms with Gasteiger partial charge in [0, 0.05) is 11.8 Å². The lowest BCUT2D eigenvalue weighted by Crippen LogP contribution is -2.44. The minimum Gasteiger partial charge on any atom is -0.322 e. The highest BCUT2D eigenvalue weighted by atomic mass is 32.2. The summed E-state index contributed by atoms with van der Waals surface area (Å²) in [7, 11) is 0. The van der Waals surface area contributed by atoms with Crippen molar-refractivity contribution in [3.8, 4) is 0 Å². The first-order valence-electron chi connectivity index (χ1n) is 6.57. The summed E-state index contributed by atoms with van der Waals surface area (Å²) < 4.78 is 13.6. The van der Waals surface area contributed by atoms with Crippen LogP contribution in [0.15, 0.2) is 35.9 Å². The van der Waals surface area contributed by atoms with Crippen molar-refractivity contribution >= 4 is 29.3 Å². The minimum absolute atomic E-state index is 0.133. The zero-order chi connectivity index (χ0) is 15.4. The van der Waals surface area contributed by atoms with Gasteiger partial charge < -0.3 is 10.2 Å². The fourth-order valence-corrected chi connectivity index (χ4v) is 3.15. The molecule has 112 valence electrons. The van der Waals surface area contributed by atoms with Crippen LogP contribution in [0.1, 0.15) is 13.8 Å². The van der Waals surface area contributed by atoms with Gasteiger partial charge in [-0.05, 0) is 26.0 Å². The van der Waals surface area contributed by atoms with Gasteiger partial charge in [-0.25, -0.2) is 4.39 Å². The highest BCUT2D eigenvalue weighted by Crippen LogP contribution is 2.23. The molecule has 1 saturated heterocycles. The van der Waals surface area contributed by atoms with Crippen LogP contribution in [-0.4, -0.2) is 34.4 Å². The van der Waals surface area contributed by atoms with Gasteiger partial charge in [0.25, 0.3) is 0 Å². The number of thioether (sulfide) groups is 1. The first-order chi connectivity index (χ1) is 9.99. The summed E-state index contributed by atoms with van der Waals surface area (Å²) in [4.78, 5) is 25.8. The van der Waals surface area contributed by atoms with Crippen molar-refractivity contribution < 1.29 is 14.0 Å². The van der Waals surface area contributed by atoms with Crippen LogP contribution in [0.25, 0.3) is 0 Å². The lowest BCUT2D eigenvalue weighted by molar-refractivity contribution is -0.132. The predicted octanol–water partition coefficient (Wildman–Crippen LogP) is 2.63. The number of anilines is 1. The van der Waals surface area contributed by atoms with Crippen molar-refractivity contribution in [3.63, 3.8) is 0 Å². The SMILES string of the molecule is CC(C)=CC(=O)N1CSCC1C(=O)Nc1ccccc1F. The minimum atomic E-state index is -0.572. The van der Waals surface area contributed by atoms with E-state index in [4.69, 9.17) is 0 Å². The predicted molar refractivity (Wildman–Crippen MR) is 82.4 cm³/mol. The molecule has 0 saturated carbocycles. The fourth-order valence-electron chi connectivity index (χ4n) is 1.99. The molecule has 1 aromatic carbocycles. The highest BCUT2D eigenvalue weighted by Gasteiger charge is 2.34. The van der Waals surface area contributed by atoms with Gasteiger partial charge >= 0.3 is 0 Å². The van der Waals surface area contributed by atoms with E-state index in [1.807, 2.05) is 13.8 Å². The van der Waals surface area contributed by atoms with Gasteiger partial charge in [0.2, 0.25) is 11.8 Å². The normalized spacial score (nSPS) is 17.5. The second-order valence-electron chi connectivity index (χ2n) is 5.01. The fraction of sp³-hybridized carbons (Fsp3) is 0.333. The maximum absolute atomic E-state index is 13.6. The van der Waals surface area contributed by atoms with E-state index in [1.54, 1.807) is 12.1 Å². The molecule has 1 atom stereocenters. The molecule has 1 N–H and O–H groups in total. The molecule has 0 radical (unpaired) electrons. The number of amides is 2. The molecule has 0 spiro atoms. The van der Waals surface area contributed by atoms with Crippen LogP contribution in [0.2, 0.25) is 0 Å². The van der Waals surface area contributed by atoms with E-state index in [9.17, 15) is 14.0 Å². The van der Waals surface area contributed by atoms with Crippen LogP contribution >= 0.6 is 11.8 Å². The van der Waals surface area contributed by atoms with Crippen molar-refractivity contribution in [2.45, 2.75) is 19.9 Å². The second-order valence-corrected chi connectivity index (χ2v) is 6.01. The van der Waals surface area contributed by atoms with E-state index in [0.717, 1.165) is 5.57 Å². The van der Waals surface area contributed by atoms with E-state index < -0.39 is 11.9 Å². The summed E-state index contributed by atoms with van der Waals surface area (Å²) in [6, 6.07) is 5.41. The van der Waals surface area contributed by atoms with Crippen LogP contribution in [0, 0.1) is 5.82 Å². The standard InChI is InChI=1S/C15H17FN2O2S/c1-10(2)7-14(19)18-9-21-8-13(18)15(20)17-12-6-4-3-5-11(12)16/h3-7,13H,8-9H2,1-2H3,(H,17,20). The number of allylic oxidation sites excluding steroid dienone is 1. The third-order valence-electron chi connectivity index (χ3n) is 3.01. The summed E-state index contributed by atoms with van der Waals surface area (Å²) >= 11 is 1.51. The van der Waals surface area contributed by atoms with E-state index >= 15 is 0 Å². The van der Waals surface area contributed by atoms with E-state index in [1.165, 1.54) is 34.9 Å². The van der Waals surface area contributed by atoms with Crippen LogP contribution < -0.4 is 5.32 Å². The third kappa shape index (κ3) is 3.85. The van der Waals surface area contributed by atoms with Gasteiger partial charge in [-0.3, -0.25) is 9.59 Å². The lowest BCUT2D eigenvalue weighted by Gasteiger charge is -2.22. The summed E-state index contributed by atoms with van der Waals surface area (Å²) in [5.41, 5.74) is 1.01. The molecule has 1 aromatic rings. The molecular weight excluding hydrogens is 291 g/mol. The van der Waals surface area contributed by atoms with Gasteiger partial charge in [-0.2, -0.15) is 0 Å². The topological polar surface area (TPSA) is 49.4 Å². The Morgan fingerprint density at radius 3 is 2.76 bits per heavy atom. The van der Waals surface area contributed by atoms with Gasteiger partial charge in [-0.15, -0.1) is 11.8 Å². The summed E-state index contributed by atoms with van der Waals surface area (Å²) in [6.07, 6.45) is 1.51. The average molecular weight is 308 g/mol. The Morgan fingerprint density at radius 1 is 1.38 bits per heavy atom. The van der Waals surface area contributed by atoms with Gasteiger partial charge in [0.15, 0.2) is 0 Å². The molecule has 0 aromatic heterocycles. The van der Waals surface area contributed by atoms with Gasteiger partial charge in [0.1, 0.15) is 11.9 Å². The number of nitrogens with one attached hydrogen (secondary N) is 1. The maximum atomic E-state index is 13.6. The lowest BCUT2D eigenvalue weighted by atomic mass is 10.2. The molecule has 2 amide bonds. The van der Waals surface area contributed by atoms with Crippen molar-refractivity contribution in [1.82, 2.24) is 4.90 Å². The molecule has 1 aliphatic heterocycles. The average Bonchev–Trinajstić information content (AvgIpc) is 2.90. The molecular formula is C15H17FN2O2S. The van der Waals surface area contributed by atoms with Crippen LogP contribution in [-0.2, 0) is 9.59 Å². The number of halogens is 1. The Kier molecular flexibility index (Phi) is 5.01. The second kappa shape index (κ2) is 6.76. The van der Waals surface area contributed by atoms with Gasteiger partial charge in [0.05, 0.1) is 11.6 Å². The number of hydrogen-bond donors (Lipinski definition) is 1. The van der Waals surface area contributed by atoms with Crippen molar-refractivity contribution in [2.24, 2.45) is 0 Å². The van der Waals surface area contributed by atoms with E-state index in [2.05, 4.69) is 5.32 Å².